The van der Waals surface area contributed by atoms with E-state index in [2.05, 4.69) is 28.3 Å². The van der Waals surface area contributed by atoms with Gasteiger partial charge < -0.3 is 5.11 Å². The van der Waals surface area contributed by atoms with Crippen molar-refractivity contribution >= 4 is 0 Å². The maximum atomic E-state index is 9.57. The van der Waals surface area contributed by atoms with Gasteiger partial charge in [0.05, 0.1) is 17.5 Å². The van der Waals surface area contributed by atoms with Crippen molar-refractivity contribution in [2.24, 2.45) is 0 Å². The van der Waals surface area contributed by atoms with Crippen LogP contribution >= 0.6 is 0 Å². The normalized spacial score (nSPS) is 20.0. The minimum absolute atomic E-state index is 0.163. The molecule has 4 heteroatoms. The quantitative estimate of drug-likeness (QED) is 0.910. The number of β-amino-alcohol motifs (C(OH)–C–C–N with tert-alkyl or cyclic N) is 1. The van der Waals surface area contributed by atoms with E-state index in [0.29, 0.717) is 0 Å². The summed E-state index contributed by atoms with van der Waals surface area (Å²) in [5, 5.41) is 14.1. The summed E-state index contributed by atoms with van der Waals surface area (Å²) in [6.45, 7) is 4.66. The Morgan fingerprint density at radius 1 is 1.32 bits per heavy atom. The van der Waals surface area contributed by atoms with Crippen molar-refractivity contribution in [2.75, 3.05) is 13.1 Å². The van der Waals surface area contributed by atoms with Crippen molar-refractivity contribution in [1.29, 1.82) is 0 Å². The first-order valence-corrected chi connectivity index (χ1v) is 6.73. The van der Waals surface area contributed by atoms with Crippen molar-refractivity contribution < 1.29 is 5.11 Å². The molecule has 19 heavy (non-hydrogen) atoms. The lowest BCUT2D eigenvalue weighted by atomic mass is 10.2. The zero-order valence-electron chi connectivity index (χ0n) is 11.2. The Hall–Kier alpha value is -1.65. The molecule has 1 aromatic carbocycles. The fraction of sp³-hybridized carbons (Fsp3) is 0.400. The third-order valence-corrected chi connectivity index (χ3v) is 3.66. The van der Waals surface area contributed by atoms with Gasteiger partial charge in [-0.05, 0) is 25.5 Å². The fourth-order valence-electron chi connectivity index (χ4n) is 2.56. The lowest BCUT2D eigenvalue weighted by molar-refractivity contribution is 0.174. The largest absolute Gasteiger partial charge is 0.392 e. The van der Waals surface area contributed by atoms with Gasteiger partial charge in [0.15, 0.2) is 0 Å². The first-order chi connectivity index (χ1) is 9.22. The minimum atomic E-state index is -0.163. The van der Waals surface area contributed by atoms with E-state index in [9.17, 15) is 5.11 Å². The van der Waals surface area contributed by atoms with Gasteiger partial charge in [0, 0.05) is 31.4 Å². The molecule has 1 N–H and O–H groups in total. The van der Waals surface area contributed by atoms with Crippen LogP contribution in [0.1, 0.15) is 17.7 Å². The van der Waals surface area contributed by atoms with Crippen LogP contribution in [0, 0.1) is 6.92 Å². The van der Waals surface area contributed by atoms with E-state index in [-0.39, 0.29) is 6.10 Å². The zero-order valence-corrected chi connectivity index (χ0v) is 11.2. The summed E-state index contributed by atoms with van der Waals surface area (Å²) in [5.74, 6) is 0. The van der Waals surface area contributed by atoms with Crippen LogP contribution < -0.4 is 0 Å². The van der Waals surface area contributed by atoms with E-state index in [1.165, 1.54) is 5.56 Å². The molecule has 2 aromatic rings. The first kappa shape index (κ1) is 12.4. The van der Waals surface area contributed by atoms with E-state index >= 15 is 0 Å². The Kier molecular flexibility index (Phi) is 3.36. The maximum absolute atomic E-state index is 9.57. The number of hydrogen-bond acceptors (Lipinski definition) is 3. The summed E-state index contributed by atoms with van der Waals surface area (Å²) in [5.41, 5.74) is 3.38. The molecule has 1 fully saturated rings. The molecule has 0 aliphatic carbocycles. The average molecular weight is 257 g/mol. The lowest BCUT2D eigenvalue weighted by Gasteiger charge is -2.13. The predicted molar refractivity (Wildman–Crippen MR) is 74.2 cm³/mol. The van der Waals surface area contributed by atoms with E-state index in [1.54, 1.807) is 0 Å². The third-order valence-electron chi connectivity index (χ3n) is 3.66. The topological polar surface area (TPSA) is 41.3 Å². The molecule has 0 radical (unpaired) electrons. The number of aliphatic hydroxyl groups excluding tert-OH is 1. The predicted octanol–water partition coefficient (Wildman–Crippen LogP) is 1.75. The van der Waals surface area contributed by atoms with Crippen LogP contribution in [0.25, 0.3) is 5.69 Å². The van der Waals surface area contributed by atoms with Gasteiger partial charge in [-0.3, -0.25) is 4.90 Å². The number of rotatable bonds is 3. The molecule has 1 aromatic heterocycles. The van der Waals surface area contributed by atoms with Crippen LogP contribution in [0.15, 0.2) is 36.5 Å². The van der Waals surface area contributed by atoms with Crippen LogP contribution in [0.5, 0.6) is 0 Å². The first-order valence-electron chi connectivity index (χ1n) is 6.73. The third kappa shape index (κ3) is 2.69. The molecule has 1 aliphatic rings. The number of nitrogens with zero attached hydrogens (tertiary/aromatic N) is 3. The summed E-state index contributed by atoms with van der Waals surface area (Å²) < 4.78 is 1.93. The highest BCUT2D eigenvalue weighted by Gasteiger charge is 2.21. The molecule has 100 valence electrons. The van der Waals surface area contributed by atoms with Crippen molar-refractivity contribution in [3.05, 3.63) is 47.8 Å². The van der Waals surface area contributed by atoms with Gasteiger partial charge in [0.2, 0.25) is 0 Å². The second-order valence-corrected chi connectivity index (χ2v) is 5.20. The van der Waals surface area contributed by atoms with Gasteiger partial charge >= 0.3 is 0 Å². The van der Waals surface area contributed by atoms with E-state index in [4.69, 9.17) is 0 Å². The molecule has 4 nitrogen and oxygen atoms in total. The van der Waals surface area contributed by atoms with Gasteiger partial charge in [-0.15, -0.1) is 0 Å². The van der Waals surface area contributed by atoms with Crippen LogP contribution in [0.2, 0.25) is 0 Å². The average Bonchev–Trinajstić information content (AvgIpc) is 2.98. The number of aliphatic hydroxyl groups is 1. The lowest BCUT2D eigenvalue weighted by Crippen LogP contribution is -2.21. The van der Waals surface area contributed by atoms with Crippen LogP contribution in [0.4, 0.5) is 0 Å². The molecule has 0 saturated carbocycles. The van der Waals surface area contributed by atoms with Crippen LogP contribution in [-0.4, -0.2) is 39.0 Å². The minimum Gasteiger partial charge on any atom is -0.392 e. The van der Waals surface area contributed by atoms with Crippen molar-refractivity contribution in [2.45, 2.75) is 26.0 Å². The zero-order chi connectivity index (χ0) is 13.2. The smallest absolute Gasteiger partial charge is 0.0679 e. The molecule has 0 unspecified atom stereocenters. The molecule has 1 saturated heterocycles. The van der Waals surface area contributed by atoms with Gasteiger partial charge in [0.1, 0.15) is 0 Å². The van der Waals surface area contributed by atoms with Gasteiger partial charge in [-0.2, -0.15) is 5.10 Å². The second kappa shape index (κ2) is 5.15. The Bertz CT molecular complexity index is 550. The van der Waals surface area contributed by atoms with E-state index in [0.717, 1.165) is 37.4 Å². The molecule has 0 bridgehead atoms. The number of benzene rings is 1. The van der Waals surface area contributed by atoms with Gasteiger partial charge in [-0.1, -0.05) is 18.2 Å². The van der Waals surface area contributed by atoms with Crippen LogP contribution in [-0.2, 0) is 6.54 Å². The molecule has 1 aliphatic heterocycles. The highest BCUT2D eigenvalue weighted by molar-refractivity contribution is 5.32. The van der Waals surface area contributed by atoms with Gasteiger partial charge in [-0.25, -0.2) is 4.68 Å². The summed E-state index contributed by atoms with van der Waals surface area (Å²) in [6.07, 6.45) is 2.81. The Balaban J connectivity index is 1.78. The SMILES string of the molecule is Cc1nn(-c2ccccc2)cc1CN1CC[C@@H](O)C1. The Labute approximate surface area is 113 Å². The molecular formula is C15H19N3O. The molecule has 0 amide bonds. The van der Waals surface area contributed by atoms with Crippen LogP contribution in [0.3, 0.4) is 0 Å². The Morgan fingerprint density at radius 3 is 2.79 bits per heavy atom. The summed E-state index contributed by atoms with van der Waals surface area (Å²) in [7, 11) is 0. The molecule has 1 atom stereocenters. The summed E-state index contributed by atoms with van der Waals surface area (Å²) in [6, 6.07) is 10.1. The van der Waals surface area contributed by atoms with Gasteiger partial charge in [0.25, 0.3) is 0 Å². The number of aryl methyl sites for hydroxylation is 1. The van der Waals surface area contributed by atoms with E-state index < -0.39 is 0 Å². The van der Waals surface area contributed by atoms with Crippen molar-refractivity contribution in [1.82, 2.24) is 14.7 Å². The van der Waals surface area contributed by atoms with Crippen molar-refractivity contribution in [3.8, 4) is 5.69 Å². The summed E-state index contributed by atoms with van der Waals surface area (Å²) in [4.78, 5) is 2.28. The van der Waals surface area contributed by atoms with Crippen molar-refractivity contribution in [3.63, 3.8) is 0 Å². The molecule has 0 spiro atoms. The molecular weight excluding hydrogens is 238 g/mol. The standard InChI is InChI=1S/C15H19N3O/c1-12-13(9-17-8-7-15(19)11-17)10-18(16-12)14-5-3-2-4-6-14/h2-6,10,15,19H,7-9,11H2,1H3/t15-/m1/s1. The number of para-hydroxylation sites is 1. The Morgan fingerprint density at radius 2 is 2.11 bits per heavy atom. The number of likely N-dealkylation sites (tertiary alicyclic amines) is 1. The molecule has 2 heterocycles. The highest BCUT2D eigenvalue weighted by Crippen LogP contribution is 2.17. The fourth-order valence-corrected chi connectivity index (χ4v) is 2.56. The maximum Gasteiger partial charge on any atom is 0.0679 e. The monoisotopic (exact) mass is 257 g/mol. The summed E-state index contributed by atoms with van der Waals surface area (Å²) >= 11 is 0. The second-order valence-electron chi connectivity index (χ2n) is 5.20. The highest BCUT2D eigenvalue weighted by atomic mass is 16.3. The number of aromatic nitrogens is 2. The molecule has 3 rings (SSSR count). The van der Waals surface area contributed by atoms with E-state index in [1.807, 2.05) is 29.8 Å². The number of hydrogen-bond donors (Lipinski definition) is 1.